The third-order valence-electron chi connectivity index (χ3n) is 7.15. The van der Waals surface area contributed by atoms with Crippen molar-refractivity contribution in [1.29, 1.82) is 0 Å². The summed E-state index contributed by atoms with van der Waals surface area (Å²) >= 11 is 0. The Morgan fingerprint density at radius 3 is 2.58 bits per heavy atom. The molecule has 0 fully saturated rings. The quantitative estimate of drug-likeness (QED) is 0.174. The van der Waals surface area contributed by atoms with Gasteiger partial charge < -0.3 is 23.5 Å². The van der Waals surface area contributed by atoms with E-state index in [4.69, 9.17) is 14.1 Å². The zero-order valence-electron chi connectivity index (χ0n) is 21.3. The Balaban J connectivity index is 0.00000264. The van der Waals surface area contributed by atoms with Crippen molar-refractivity contribution in [2.24, 2.45) is 0 Å². The molecule has 1 aliphatic heterocycles. The minimum absolute atomic E-state index is 0. The number of aromatic nitrogens is 2. The van der Waals surface area contributed by atoms with Crippen LogP contribution >= 0.6 is 0 Å². The van der Waals surface area contributed by atoms with E-state index < -0.39 is 0 Å². The first kappa shape index (κ1) is 24.5. The van der Waals surface area contributed by atoms with Crippen molar-refractivity contribution < 1.29 is 30.2 Å². The molecule has 0 saturated carbocycles. The molecular formula is C33H21N4O2Pt-3. The zero-order chi connectivity index (χ0) is 25.9. The summed E-state index contributed by atoms with van der Waals surface area (Å²) in [6, 6.07) is 37.3. The fourth-order valence-electron chi connectivity index (χ4n) is 5.35. The van der Waals surface area contributed by atoms with Crippen molar-refractivity contribution in [2.75, 3.05) is 16.8 Å². The summed E-state index contributed by atoms with van der Waals surface area (Å²) in [4.78, 5) is 8.96. The second-order valence-corrected chi connectivity index (χ2v) is 9.53. The SMILES string of the molecule is CN1[CH-]N(c2[c-]c(Oc3[c-]c4c(cc3)c3ccccc3n4-c3cc4occc4cn3)ccc2)c2ccccc21.[Pt]. The number of ether oxygens (including phenoxy) is 1. The van der Waals surface area contributed by atoms with E-state index in [1.54, 1.807) is 6.26 Å². The van der Waals surface area contributed by atoms with Crippen molar-refractivity contribution >= 4 is 49.8 Å². The molecular weight excluding hydrogens is 679 g/mol. The summed E-state index contributed by atoms with van der Waals surface area (Å²) < 4.78 is 14.1. The number of fused-ring (bicyclic) bond motifs is 5. The Morgan fingerprint density at radius 1 is 0.825 bits per heavy atom. The van der Waals surface area contributed by atoms with Crippen molar-refractivity contribution in [1.82, 2.24) is 9.55 Å². The third-order valence-corrected chi connectivity index (χ3v) is 7.15. The Bertz CT molecular complexity index is 2030. The van der Waals surface area contributed by atoms with Crippen LogP contribution in [0.1, 0.15) is 0 Å². The van der Waals surface area contributed by atoms with Crippen LogP contribution in [0.15, 0.2) is 108 Å². The Kier molecular flexibility index (Phi) is 5.87. The van der Waals surface area contributed by atoms with Crippen molar-refractivity contribution in [3.05, 3.63) is 122 Å². The molecule has 0 aliphatic carbocycles. The smallest absolute Gasteiger partial charge is 0.139 e. The monoisotopic (exact) mass is 700 g/mol. The van der Waals surface area contributed by atoms with Crippen LogP contribution < -0.4 is 14.5 Å². The second kappa shape index (κ2) is 9.58. The number of anilines is 3. The number of rotatable bonds is 4. The van der Waals surface area contributed by atoms with Crippen molar-refractivity contribution in [3.63, 3.8) is 0 Å². The van der Waals surface area contributed by atoms with E-state index in [0.717, 1.165) is 55.7 Å². The van der Waals surface area contributed by atoms with E-state index in [1.807, 2.05) is 73.9 Å². The average molecular weight is 701 g/mol. The molecule has 4 aromatic carbocycles. The molecule has 0 amide bonds. The molecule has 4 heterocycles. The molecule has 1 aliphatic rings. The number of hydrogen-bond acceptors (Lipinski definition) is 5. The Hall–Kier alpha value is -4.54. The molecule has 0 unspecified atom stereocenters. The van der Waals surface area contributed by atoms with E-state index in [0.29, 0.717) is 11.5 Å². The second-order valence-electron chi connectivity index (χ2n) is 9.53. The van der Waals surface area contributed by atoms with E-state index in [1.165, 1.54) is 0 Å². The Labute approximate surface area is 245 Å². The number of hydrogen-bond donors (Lipinski definition) is 0. The number of benzene rings is 4. The predicted octanol–water partition coefficient (Wildman–Crippen LogP) is 8.02. The van der Waals surface area contributed by atoms with Gasteiger partial charge in [0.1, 0.15) is 11.4 Å². The van der Waals surface area contributed by atoms with Gasteiger partial charge in [-0.1, -0.05) is 35.8 Å². The largest absolute Gasteiger partial charge is 0.509 e. The summed E-state index contributed by atoms with van der Waals surface area (Å²) in [6.45, 7) is 2.06. The van der Waals surface area contributed by atoms with Crippen LogP contribution in [0.4, 0.5) is 17.1 Å². The van der Waals surface area contributed by atoms with Gasteiger partial charge in [0.25, 0.3) is 0 Å². The van der Waals surface area contributed by atoms with Gasteiger partial charge >= 0.3 is 0 Å². The summed E-state index contributed by atoms with van der Waals surface area (Å²) in [6.07, 6.45) is 3.52. The molecule has 7 heteroatoms. The molecule has 0 atom stereocenters. The molecule has 6 nitrogen and oxygen atoms in total. The average Bonchev–Trinajstić information content (AvgIpc) is 3.67. The molecule has 0 saturated heterocycles. The molecule has 0 N–H and O–H groups in total. The first-order valence-corrected chi connectivity index (χ1v) is 12.7. The van der Waals surface area contributed by atoms with Gasteiger partial charge in [-0.2, -0.15) is 18.8 Å². The van der Waals surface area contributed by atoms with E-state index in [-0.39, 0.29) is 21.1 Å². The van der Waals surface area contributed by atoms with Crippen LogP contribution in [-0.2, 0) is 21.1 Å². The molecule has 7 aromatic rings. The first-order chi connectivity index (χ1) is 19.2. The summed E-state index contributed by atoms with van der Waals surface area (Å²) in [5.74, 6) is 1.97. The van der Waals surface area contributed by atoms with Gasteiger partial charge in [-0.05, 0) is 36.7 Å². The fraction of sp³-hybridized carbons (Fsp3) is 0.0303. The zero-order valence-corrected chi connectivity index (χ0v) is 23.6. The van der Waals surface area contributed by atoms with Crippen LogP contribution in [0.3, 0.4) is 0 Å². The van der Waals surface area contributed by atoms with Crippen LogP contribution in [0.5, 0.6) is 11.5 Å². The predicted molar refractivity (Wildman–Crippen MR) is 154 cm³/mol. The number of furan rings is 1. The van der Waals surface area contributed by atoms with Crippen LogP contribution in [0.25, 0.3) is 38.6 Å². The maximum absolute atomic E-state index is 6.33. The van der Waals surface area contributed by atoms with Gasteiger partial charge in [0.15, 0.2) is 0 Å². The molecule has 40 heavy (non-hydrogen) atoms. The van der Waals surface area contributed by atoms with E-state index in [9.17, 15) is 0 Å². The van der Waals surface area contributed by atoms with Crippen molar-refractivity contribution in [2.45, 2.75) is 0 Å². The molecule has 0 radical (unpaired) electrons. The van der Waals surface area contributed by atoms with Crippen molar-refractivity contribution in [3.8, 4) is 17.3 Å². The van der Waals surface area contributed by atoms with Gasteiger partial charge in [-0.3, -0.25) is 0 Å². The Morgan fingerprint density at radius 2 is 1.65 bits per heavy atom. The molecule has 198 valence electrons. The standard InChI is InChI=1S/C33H21N4O2.Pt/c1-35-21-36(30-12-5-4-11-29(30)35)23-7-6-8-24(17-23)39-25-13-14-27-26-9-2-3-10-28(26)37(31(27)18-25)33-19-32-22(20-34-33)15-16-38-32;/h2-16,19-21H,1H3;/q-3;. The molecule has 3 aromatic heterocycles. The van der Waals surface area contributed by atoms with Gasteiger partial charge in [0.05, 0.1) is 6.26 Å². The van der Waals surface area contributed by atoms with Crippen LogP contribution in [0.2, 0.25) is 0 Å². The van der Waals surface area contributed by atoms with Gasteiger partial charge in [-0.25, -0.2) is 4.98 Å². The van der Waals surface area contributed by atoms with Gasteiger partial charge in [-0.15, -0.1) is 41.4 Å². The van der Waals surface area contributed by atoms with Gasteiger partial charge in [0.2, 0.25) is 0 Å². The normalized spacial score (nSPS) is 12.7. The maximum Gasteiger partial charge on any atom is 0.139 e. The van der Waals surface area contributed by atoms with Crippen LogP contribution in [-0.4, -0.2) is 16.6 Å². The number of para-hydroxylation sites is 3. The number of pyridine rings is 1. The number of nitrogens with zero attached hydrogens (tertiary/aromatic N) is 4. The topological polar surface area (TPSA) is 46.7 Å². The summed E-state index contributed by atoms with van der Waals surface area (Å²) in [7, 11) is 2.04. The molecule has 0 bridgehead atoms. The molecule has 0 spiro atoms. The first-order valence-electron chi connectivity index (χ1n) is 12.7. The third kappa shape index (κ3) is 3.87. The fourth-order valence-corrected chi connectivity index (χ4v) is 5.35. The van der Waals surface area contributed by atoms with Crippen LogP contribution in [0, 0.1) is 18.8 Å². The summed E-state index contributed by atoms with van der Waals surface area (Å²) in [5, 5.41) is 3.16. The van der Waals surface area contributed by atoms with E-state index in [2.05, 4.69) is 63.5 Å². The maximum atomic E-state index is 6.33. The van der Waals surface area contributed by atoms with E-state index >= 15 is 0 Å². The minimum atomic E-state index is 0. The van der Waals surface area contributed by atoms with Gasteiger partial charge in [0, 0.05) is 67.1 Å². The summed E-state index contributed by atoms with van der Waals surface area (Å²) in [5.41, 5.74) is 5.86. The molecule has 8 rings (SSSR count). The minimum Gasteiger partial charge on any atom is -0.509 e.